The van der Waals surface area contributed by atoms with Crippen LogP contribution < -0.4 is 5.32 Å². The van der Waals surface area contributed by atoms with E-state index in [1.54, 1.807) is 0 Å². The molecule has 0 bridgehead atoms. The maximum Gasteiger partial charge on any atom is 0.234 e. The largest absolute Gasteiger partial charge is 0.325 e. The van der Waals surface area contributed by atoms with Crippen LogP contribution in [-0.4, -0.2) is 26.4 Å². The van der Waals surface area contributed by atoms with E-state index in [9.17, 15) is 4.79 Å². The molecule has 2 atom stereocenters. The van der Waals surface area contributed by atoms with E-state index in [0.29, 0.717) is 18.4 Å². The second-order valence-corrected chi connectivity index (χ2v) is 8.70. The molecule has 1 saturated carbocycles. The number of benzene rings is 2. The molecule has 6 heteroatoms. The number of aryl methyl sites for hydroxylation is 2. The van der Waals surface area contributed by atoms with Gasteiger partial charge in [0, 0.05) is 18.2 Å². The molecule has 3 aromatic rings. The van der Waals surface area contributed by atoms with Crippen molar-refractivity contribution in [3.63, 3.8) is 0 Å². The first kappa shape index (κ1) is 20.4. The summed E-state index contributed by atoms with van der Waals surface area (Å²) in [7, 11) is 0. The summed E-state index contributed by atoms with van der Waals surface area (Å²) in [6.45, 7) is 8.53. The van der Waals surface area contributed by atoms with Crippen molar-refractivity contribution in [1.29, 1.82) is 0 Å². The number of anilines is 1. The Morgan fingerprint density at radius 3 is 2.77 bits per heavy atom. The van der Waals surface area contributed by atoms with Crippen LogP contribution in [0.1, 0.15) is 40.8 Å². The summed E-state index contributed by atoms with van der Waals surface area (Å²) in [5.74, 6) is 2.09. The third-order valence-corrected chi connectivity index (χ3v) is 6.37. The van der Waals surface area contributed by atoms with Gasteiger partial charge in [-0.25, -0.2) is 0 Å². The molecule has 1 aromatic heterocycles. The van der Waals surface area contributed by atoms with Gasteiger partial charge in [-0.1, -0.05) is 60.3 Å². The molecule has 1 aliphatic carbocycles. The van der Waals surface area contributed by atoms with E-state index in [0.717, 1.165) is 34.2 Å². The highest BCUT2D eigenvalue weighted by Crippen LogP contribution is 2.54. The molecule has 154 valence electrons. The molecule has 2 aromatic carbocycles. The van der Waals surface area contributed by atoms with Gasteiger partial charge < -0.3 is 9.88 Å². The number of thioether (sulfide) groups is 1. The summed E-state index contributed by atoms with van der Waals surface area (Å²) in [4.78, 5) is 12.5. The van der Waals surface area contributed by atoms with Gasteiger partial charge in [0.15, 0.2) is 5.16 Å². The third kappa shape index (κ3) is 4.49. The quantitative estimate of drug-likeness (QED) is 0.409. The highest BCUT2D eigenvalue weighted by atomic mass is 32.2. The zero-order valence-corrected chi connectivity index (χ0v) is 18.2. The number of aromatic nitrogens is 3. The van der Waals surface area contributed by atoms with Gasteiger partial charge in [0.1, 0.15) is 5.82 Å². The number of carbonyl (C=O) groups excluding carboxylic acids is 1. The molecule has 5 nitrogen and oxygen atoms in total. The first-order chi connectivity index (χ1) is 14.6. The smallest absolute Gasteiger partial charge is 0.234 e. The van der Waals surface area contributed by atoms with E-state index >= 15 is 0 Å². The number of rotatable bonds is 8. The lowest BCUT2D eigenvalue weighted by molar-refractivity contribution is -0.113. The third-order valence-electron chi connectivity index (χ3n) is 5.41. The SMILES string of the molecule is C=CCn1c(SCC(=O)Nc2cc(C)ccc2C)nnc1C1CC1c1ccccc1. The Balaban J connectivity index is 1.43. The fourth-order valence-electron chi connectivity index (χ4n) is 3.72. The summed E-state index contributed by atoms with van der Waals surface area (Å²) in [6.07, 6.45) is 2.93. The second kappa shape index (κ2) is 8.88. The van der Waals surface area contributed by atoms with Crippen molar-refractivity contribution < 1.29 is 4.79 Å². The van der Waals surface area contributed by atoms with Gasteiger partial charge in [0.2, 0.25) is 5.91 Å². The lowest BCUT2D eigenvalue weighted by Gasteiger charge is -2.10. The Bertz CT molecular complexity index is 1060. The predicted octanol–water partition coefficient (Wildman–Crippen LogP) is 5.08. The molecule has 30 heavy (non-hydrogen) atoms. The predicted molar refractivity (Wildman–Crippen MR) is 122 cm³/mol. The van der Waals surface area contributed by atoms with Crippen LogP contribution in [0.4, 0.5) is 5.69 Å². The average molecular weight is 419 g/mol. The van der Waals surface area contributed by atoms with Gasteiger partial charge in [-0.3, -0.25) is 4.79 Å². The summed E-state index contributed by atoms with van der Waals surface area (Å²) in [6, 6.07) is 16.6. The van der Waals surface area contributed by atoms with Crippen molar-refractivity contribution in [2.75, 3.05) is 11.1 Å². The van der Waals surface area contributed by atoms with Crippen molar-refractivity contribution in [1.82, 2.24) is 14.8 Å². The Kier molecular flexibility index (Phi) is 6.04. The molecule has 4 rings (SSSR count). The van der Waals surface area contributed by atoms with Crippen LogP contribution in [0, 0.1) is 13.8 Å². The zero-order valence-electron chi connectivity index (χ0n) is 17.3. The molecule has 1 heterocycles. The van der Waals surface area contributed by atoms with Crippen molar-refractivity contribution in [2.24, 2.45) is 0 Å². The monoisotopic (exact) mass is 418 g/mol. The number of allylic oxidation sites excluding steroid dienone is 1. The summed E-state index contributed by atoms with van der Waals surface area (Å²) in [5.41, 5.74) is 4.38. The fourth-order valence-corrected chi connectivity index (χ4v) is 4.47. The number of nitrogens with zero attached hydrogens (tertiary/aromatic N) is 3. The molecule has 1 fully saturated rings. The van der Waals surface area contributed by atoms with Crippen molar-refractivity contribution >= 4 is 23.4 Å². The lowest BCUT2D eigenvalue weighted by Crippen LogP contribution is -2.15. The zero-order chi connectivity index (χ0) is 21.1. The maximum atomic E-state index is 12.5. The van der Waals surface area contributed by atoms with Gasteiger partial charge in [0.05, 0.1) is 5.75 Å². The molecular weight excluding hydrogens is 392 g/mol. The standard InChI is InChI=1S/C24H26N4OS/c1-4-12-28-23(20-14-19(20)18-8-6-5-7-9-18)26-27-24(28)30-15-22(29)25-21-13-16(2)10-11-17(21)3/h4-11,13,19-20H,1,12,14-15H2,2-3H3,(H,25,29). The van der Waals surface area contributed by atoms with Crippen molar-refractivity contribution in [3.05, 3.63) is 83.7 Å². The maximum absolute atomic E-state index is 12.5. The lowest BCUT2D eigenvalue weighted by atomic mass is 10.1. The van der Waals surface area contributed by atoms with Crippen LogP contribution in [0.25, 0.3) is 0 Å². The summed E-state index contributed by atoms with van der Waals surface area (Å²) < 4.78 is 2.09. The first-order valence-corrected chi connectivity index (χ1v) is 11.1. The van der Waals surface area contributed by atoms with Crippen molar-refractivity contribution in [3.8, 4) is 0 Å². The van der Waals surface area contributed by atoms with Crippen LogP contribution in [-0.2, 0) is 11.3 Å². The van der Waals surface area contributed by atoms with Crippen LogP contribution in [0.15, 0.2) is 66.3 Å². The van der Waals surface area contributed by atoms with Crippen LogP contribution >= 0.6 is 11.8 Å². The Morgan fingerprint density at radius 2 is 2.00 bits per heavy atom. The minimum Gasteiger partial charge on any atom is -0.325 e. The van der Waals surface area contributed by atoms with Gasteiger partial charge in [-0.15, -0.1) is 16.8 Å². The molecule has 0 spiro atoms. The normalized spacial score (nSPS) is 17.5. The van der Waals surface area contributed by atoms with Gasteiger partial charge in [-0.05, 0) is 48.9 Å². The molecule has 0 saturated heterocycles. The molecular formula is C24H26N4OS. The highest BCUT2D eigenvalue weighted by Gasteiger charge is 2.43. The van der Waals surface area contributed by atoms with Gasteiger partial charge >= 0.3 is 0 Å². The van der Waals surface area contributed by atoms with E-state index in [1.807, 2.05) is 44.2 Å². The molecule has 0 aliphatic heterocycles. The number of nitrogens with one attached hydrogen (secondary N) is 1. The number of hydrogen-bond acceptors (Lipinski definition) is 4. The van der Waals surface area contributed by atoms with E-state index in [4.69, 9.17) is 0 Å². The number of amides is 1. The Morgan fingerprint density at radius 1 is 1.20 bits per heavy atom. The molecule has 0 radical (unpaired) electrons. The van der Waals surface area contributed by atoms with E-state index < -0.39 is 0 Å². The first-order valence-electron chi connectivity index (χ1n) is 10.2. The van der Waals surface area contributed by atoms with Gasteiger partial charge in [-0.2, -0.15) is 0 Å². The average Bonchev–Trinajstić information content (AvgIpc) is 3.44. The molecule has 1 N–H and O–H groups in total. The van der Waals surface area contributed by atoms with Crippen LogP contribution in [0.5, 0.6) is 0 Å². The van der Waals surface area contributed by atoms with Gasteiger partial charge in [0.25, 0.3) is 0 Å². The van der Waals surface area contributed by atoms with Crippen LogP contribution in [0.3, 0.4) is 0 Å². The fraction of sp³-hybridized carbons (Fsp3) is 0.292. The Labute approximate surface area is 181 Å². The second-order valence-electron chi connectivity index (χ2n) is 7.75. The molecule has 1 amide bonds. The van der Waals surface area contributed by atoms with E-state index in [-0.39, 0.29) is 11.7 Å². The van der Waals surface area contributed by atoms with Crippen LogP contribution in [0.2, 0.25) is 0 Å². The van der Waals surface area contributed by atoms with E-state index in [2.05, 4.69) is 50.9 Å². The molecule has 1 aliphatic rings. The highest BCUT2D eigenvalue weighted by molar-refractivity contribution is 7.99. The van der Waals surface area contributed by atoms with Crippen molar-refractivity contribution in [2.45, 2.75) is 43.8 Å². The molecule has 2 unspecified atom stereocenters. The minimum absolute atomic E-state index is 0.0445. The number of carbonyl (C=O) groups is 1. The summed E-state index contributed by atoms with van der Waals surface area (Å²) in [5, 5.41) is 12.6. The topological polar surface area (TPSA) is 59.8 Å². The van der Waals surface area contributed by atoms with E-state index in [1.165, 1.54) is 17.3 Å². The number of hydrogen-bond donors (Lipinski definition) is 1. The Hall–Kier alpha value is -2.86. The minimum atomic E-state index is -0.0445. The summed E-state index contributed by atoms with van der Waals surface area (Å²) >= 11 is 1.42.